The van der Waals surface area contributed by atoms with E-state index in [9.17, 15) is 24.5 Å². The maximum atomic E-state index is 12.8. The standard InChI is InChI=1S/C22H29ClN2O7/c1-15(26)21-18(25(29)30)10-11-19(22(21)23)32-13-6-9-20(28)24(12-14-31-16(2)27)17-7-4-3-5-8-17/h10-11,17H,3-9,12-14H2,1-2H3. The third-order valence-electron chi connectivity index (χ3n) is 5.40. The number of hydrogen-bond acceptors (Lipinski definition) is 7. The number of nitro benzene ring substituents is 1. The Morgan fingerprint density at radius 3 is 2.44 bits per heavy atom. The van der Waals surface area contributed by atoms with Gasteiger partial charge in [0.2, 0.25) is 5.91 Å². The summed E-state index contributed by atoms with van der Waals surface area (Å²) in [5.41, 5.74) is -0.569. The molecule has 0 spiro atoms. The minimum Gasteiger partial charge on any atom is -0.492 e. The molecule has 1 aliphatic carbocycles. The van der Waals surface area contributed by atoms with Crippen LogP contribution in [-0.4, -0.2) is 53.3 Å². The fourth-order valence-electron chi connectivity index (χ4n) is 3.89. The minimum absolute atomic E-state index is 0.0353. The Morgan fingerprint density at radius 1 is 1.16 bits per heavy atom. The van der Waals surface area contributed by atoms with Crippen LogP contribution < -0.4 is 4.74 Å². The number of esters is 1. The van der Waals surface area contributed by atoms with Crippen molar-refractivity contribution < 1.29 is 28.8 Å². The Bertz CT molecular complexity index is 853. The Labute approximate surface area is 192 Å². The SMILES string of the molecule is CC(=O)OCCN(C(=O)CCCOc1ccc([N+](=O)[O-])c(C(C)=O)c1Cl)C1CCCCC1. The molecule has 0 saturated heterocycles. The molecule has 0 radical (unpaired) electrons. The highest BCUT2D eigenvalue weighted by Crippen LogP contribution is 2.35. The lowest BCUT2D eigenvalue weighted by atomic mass is 9.94. The number of nitrogens with zero attached hydrogens (tertiary/aromatic N) is 2. The van der Waals surface area contributed by atoms with Gasteiger partial charge in [-0.2, -0.15) is 0 Å². The molecule has 1 saturated carbocycles. The molecule has 1 aromatic carbocycles. The van der Waals surface area contributed by atoms with Crippen molar-refractivity contribution in [3.8, 4) is 5.75 Å². The third-order valence-corrected chi connectivity index (χ3v) is 5.77. The van der Waals surface area contributed by atoms with E-state index in [0.717, 1.165) is 32.1 Å². The quantitative estimate of drug-likeness (QED) is 0.156. The van der Waals surface area contributed by atoms with Gasteiger partial charge in [0.25, 0.3) is 5.69 Å². The Hall–Kier alpha value is -2.68. The summed E-state index contributed by atoms with van der Waals surface area (Å²) in [6.45, 7) is 3.22. The summed E-state index contributed by atoms with van der Waals surface area (Å²) in [4.78, 5) is 47.9. The number of nitro groups is 1. The number of ketones is 1. The van der Waals surface area contributed by atoms with Crippen molar-refractivity contribution in [2.75, 3.05) is 19.8 Å². The number of hydrogen-bond donors (Lipinski definition) is 0. The van der Waals surface area contributed by atoms with E-state index in [-0.39, 0.29) is 59.6 Å². The molecule has 0 atom stereocenters. The molecule has 0 heterocycles. The zero-order chi connectivity index (χ0) is 23.7. The van der Waals surface area contributed by atoms with Crippen LogP contribution in [0.25, 0.3) is 0 Å². The first-order valence-corrected chi connectivity index (χ1v) is 11.1. The normalized spacial score (nSPS) is 14.0. The van der Waals surface area contributed by atoms with Crippen LogP contribution in [0, 0.1) is 10.1 Å². The number of ether oxygens (including phenoxy) is 2. The Kier molecular flexibility index (Phi) is 9.90. The van der Waals surface area contributed by atoms with E-state index in [1.807, 2.05) is 0 Å². The van der Waals surface area contributed by atoms with Crippen LogP contribution in [0.5, 0.6) is 5.75 Å². The summed E-state index contributed by atoms with van der Waals surface area (Å²) < 4.78 is 10.6. The van der Waals surface area contributed by atoms with Gasteiger partial charge in [-0.3, -0.25) is 24.5 Å². The first-order valence-electron chi connectivity index (χ1n) is 10.8. The van der Waals surface area contributed by atoms with Crippen LogP contribution in [-0.2, 0) is 14.3 Å². The minimum atomic E-state index is -0.666. The fourth-order valence-corrected chi connectivity index (χ4v) is 4.23. The predicted octanol–water partition coefficient (Wildman–Crippen LogP) is 4.33. The van der Waals surface area contributed by atoms with Crippen molar-refractivity contribution in [3.05, 3.63) is 32.8 Å². The van der Waals surface area contributed by atoms with Gasteiger partial charge >= 0.3 is 5.97 Å². The summed E-state index contributed by atoms with van der Waals surface area (Å²) in [5, 5.41) is 11.0. The van der Waals surface area contributed by atoms with Gasteiger partial charge in [0.15, 0.2) is 5.78 Å². The average molecular weight is 469 g/mol. The molecule has 0 aromatic heterocycles. The van der Waals surface area contributed by atoms with E-state index in [1.54, 1.807) is 4.90 Å². The molecule has 10 heteroatoms. The van der Waals surface area contributed by atoms with E-state index in [4.69, 9.17) is 21.1 Å². The van der Waals surface area contributed by atoms with Crippen molar-refractivity contribution in [1.82, 2.24) is 4.90 Å². The summed E-state index contributed by atoms with van der Waals surface area (Å²) in [6, 6.07) is 2.68. The van der Waals surface area contributed by atoms with Gasteiger partial charge in [0.1, 0.15) is 22.9 Å². The highest BCUT2D eigenvalue weighted by molar-refractivity contribution is 6.36. The molecule has 2 rings (SSSR count). The zero-order valence-corrected chi connectivity index (χ0v) is 19.2. The molecule has 32 heavy (non-hydrogen) atoms. The van der Waals surface area contributed by atoms with Crippen molar-refractivity contribution in [1.29, 1.82) is 0 Å². The first kappa shape index (κ1) is 25.6. The van der Waals surface area contributed by atoms with Crippen LogP contribution in [0.2, 0.25) is 5.02 Å². The fraction of sp³-hybridized carbons (Fsp3) is 0.591. The lowest BCUT2D eigenvalue weighted by Gasteiger charge is -2.34. The molecule has 176 valence electrons. The second-order valence-electron chi connectivity index (χ2n) is 7.76. The van der Waals surface area contributed by atoms with E-state index in [0.29, 0.717) is 13.0 Å². The predicted molar refractivity (Wildman–Crippen MR) is 118 cm³/mol. The monoisotopic (exact) mass is 468 g/mol. The molecule has 0 unspecified atom stereocenters. The smallest absolute Gasteiger partial charge is 0.302 e. The van der Waals surface area contributed by atoms with Crippen LogP contribution in [0.15, 0.2) is 12.1 Å². The van der Waals surface area contributed by atoms with Gasteiger partial charge in [-0.25, -0.2) is 0 Å². The molecule has 1 aromatic rings. The lowest BCUT2D eigenvalue weighted by molar-refractivity contribution is -0.385. The molecular formula is C22H29ClN2O7. The molecule has 0 N–H and O–H groups in total. The summed E-state index contributed by atoms with van der Waals surface area (Å²) in [7, 11) is 0. The number of Topliss-reactive ketones (excluding diaryl/α,β-unsaturated/α-hetero) is 1. The second kappa shape index (κ2) is 12.4. The summed E-state index contributed by atoms with van der Waals surface area (Å²) >= 11 is 6.16. The number of amides is 1. The van der Waals surface area contributed by atoms with Crippen molar-refractivity contribution in [3.63, 3.8) is 0 Å². The topological polar surface area (TPSA) is 116 Å². The molecular weight excluding hydrogens is 440 g/mol. The maximum absolute atomic E-state index is 12.8. The van der Waals surface area contributed by atoms with Crippen molar-refractivity contribution >= 4 is 34.9 Å². The number of halogens is 1. The van der Waals surface area contributed by atoms with Gasteiger partial charge in [-0.1, -0.05) is 30.9 Å². The summed E-state index contributed by atoms with van der Waals surface area (Å²) in [6.07, 6.45) is 5.82. The van der Waals surface area contributed by atoms with Crippen LogP contribution in [0.4, 0.5) is 5.69 Å². The number of carbonyl (C=O) groups excluding carboxylic acids is 3. The van der Waals surface area contributed by atoms with Crippen LogP contribution in [0.3, 0.4) is 0 Å². The highest BCUT2D eigenvalue weighted by atomic mass is 35.5. The van der Waals surface area contributed by atoms with E-state index >= 15 is 0 Å². The molecule has 1 aliphatic rings. The molecule has 0 bridgehead atoms. The number of rotatable bonds is 11. The molecule has 9 nitrogen and oxygen atoms in total. The van der Waals surface area contributed by atoms with Crippen LogP contribution in [0.1, 0.15) is 69.2 Å². The summed E-state index contributed by atoms with van der Waals surface area (Å²) in [5.74, 6) is -0.779. The third kappa shape index (κ3) is 7.19. The largest absolute Gasteiger partial charge is 0.492 e. The first-order chi connectivity index (χ1) is 15.2. The Morgan fingerprint density at radius 2 is 1.84 bits per heavy atom. The van der Waals surface area contributed by atoms with E-state index in [1.165, 1.54) is 26.0 Å². The van der Waals surface area contributed by atoms with Gasteiger partial charge in [-0.15, -0.1) is 0 Å². The van der Waals surface area contributed by atoms with Gasteiger partial charge in [0, 0.05) is 25.5 Å². The van der Waals surface area contributed by atoms with Gasteiger partial charge in [0.05, 0.1) is 18.1 Å². The lowest BCUT2D eigenvalue weighted by Crippen LogP contribution is -2.43. The average Bonchev–Trinajstić information content (AvgIpc) is 2.74. The van der Waals surface area contributed by atoms with E-state index in [2.05, 4.69) is 0 Å². The molecule has 1 amide bonds. The van der Waals surface area contributed by atoms with Gasteiger partial charge < -0.3 is 14.4 Å². The zero-order valence-electron chi connectivity index (χ0n) is 18.4. The Balaban J connectivity index is 1.95. The molecule has 0 aliphatic heterocycles. The van der Waals surface area contributed by atoms with Crippen molar-refractivity contribution in [2.24, 2.45) is 0 Å². The maximum Gasteiger partial charge on any atom is 0.302 e. The van der Waals surface area contributed by atoms with E-state index < -0.39 is 10.7 Å². The number of benzene rings is 1. The number of carbonyl (C=O) groups is 3. The highest BCUT2D eigenvalue weighted by Gasteiger charge is 2.26. The second-order valence-corrected chi connectivity index (χ2v) is 8.13. The molecule has 1 fully saturated rings. The van der Waals surface area contributed by atoms with Crippen molar-refractivity contribution in [2.45, 2.75) is 64.8 Å². The van der Waals surface area contributed by atoms with Gasteiger partial charge in [-0.05, 0) is 32.3 Å². The van der Waals surface area contributed by atoms with Crippen LogP contribution >= 0.6 is 11.6 Å².